The molecule has 3 aromatic rings. The van der Waals surface area contributed by atoms with Crippen molar-refractivity contribution >= 4 is 27.5 Å². The van der Waals surface area contributed by atoms with Crippen molar-refractivity contribution in [3.8, 4) is 11.4 Å². The average Bonchev–Trinajstić information content (AvgIpc) is 3.34. The van der Waals surface area contributed by atoms with E-state index in [4.69, 9.17) is 4.74 Å². The number of aromatic nitrogens is 3. The first-order valence-corrected chi connectivity index (χ1v) is 13.8. The summed E-state index contributed by atoms with van der Waals surface area (Å²) in [5.74, 6) is 1.48. The second-order valence-corrected chi connectivity index (χ2v) is 11.6. The number of ether oxygens (including phenoxy) is 1. The third-order valence-corrected chi connectivity index (χ3v) is 8.25. The van der Waals surface area contributed by atoms with Gasteiger partial charge in [0.05, 0.1) is 24.5 Å². The van der Waals surface area contributed by atoms with Gasteiger partial charge in [0.15, 0.2) is 15.7 Å². The van der Waals surface area contributed by atoms with Gasteiger partial charge in [0, 0.05) is 49.5 Å². The quantitative estimate of drug-likeness (QED) is 0.500. The number of H-pyrrole nitrogens is 1. The standard InChI is InChI=1S/C25H28N6O5S/c1-36-25(33)31-15-20(16-31)23-27-22(28-29-23)18-5-7-21(8-6-18)26-24(32)19-4-2-3-17(13-19)14-30-9-11-37(34,35)12-10-30/h2-8,13,20H,9-12,14-16H2,1H3,(H,26,32)(H,27,28,29). The van der Waals surface area contributed by atoms with E-state index in [9.17, 15) is 18.0 Å². The topological polar surface area (TPSA) is 138 Å². The fraction of sp³-hybridized carbons (Fsp3) is 0.360. The van der Waals surface area contributed by atoms with Crippen LogP contribution in [0.25, 0.3) is 11.4 Å². The van der Waals surface area contributed by atoms with E-state index in [1.165, 1.54) is 7.11 Å². The number of hydrogen-bond donors (Lipinski definition) is 2. The summed E-state index contributed by atoms with van der Waals surface area (Å²) in [6.45, 7) is 2.68. The van der Waals surface area contributed by atoms with Gasteiger partial charge in [-0.25, -0.2) is 18.2 Å². The number of carbonyl (C=O) groups is 2. The number of nitrogens with one attached hydrogen (secondary N) is 2. The number of aromatic amines is 1. The summed E-state index contributed by atoms with van der Waals surface area (Å²) < 4.78 is 28.0. The molecular weight excluding hydrogens is 496 g/mol. The first-order chi connectivity index (χ1) is 17.8. The molecular formula is C25H28N6O5S. The van der Waals surface area contributed by atoms with Gasteiger partial charge in [-0.3, -0.25) is 14.8 Å². The maximum absolute atomic E-state index is 12.8. The molecule has 2 saturated heterocycles. The van der Waals surface area contributed by atoms with Crippen molar-refractivity contribution in [1.82, 2.24) is 25.0 Å². The number of benzene rings is 2. The first-order valence-electron chi connectivity index (χ1n) is 12.0. The molecule has 0 atom stereocenters. The zero-order valence-electron chi connectivity index (χ0n) is 20.4. The zero-order chi connectivity index (χ0) is 26.0. The summed E-state index contributed by atoms with van der Waals surface area (Å²) in [5.41, 5.74) is 2.94. The normalized spacial score (nSPS) is 17.7. The Morgan fingerprint density at radius 1 is 1.11 bits per heavy atom. The zero-order valence-corrected chi connectivity index (χ0v) is 21.2. The summed E-state index contributed by atoms with van der Waals surface area (Å²) in [6.07, 6.45) is -0.347. The largest absolute Gasteiger partial charge is 0.453 e. The number of rotatable bonds is 6. The lowest BCUT2D eigenvalue weighted by Crippen LogP contribution is -2.48. The molecule has 2 N–H and O–H groups in total. The molecule has 0 saturated carbocycles. The summed E-state index contributed by atoms with van der Waals surface area (Å²) >= 11 is 0. The van der Waals surface area contributed by atoms with Gasteiger partial charge in [0.25, 0.3) is 5.91 Å². The number of carbonyl (C=O) groups excluding carboxylic acids is 2. The fourth-order valence-corrected chi connectivity index (χ4v) is 5.68. The number of sulfone groups is 1. The SMILES string of the molecule is COC(=O)N1CC(c2nc(-c3ccc(NC(=O)c4cccc(CN5CCS(=O)(=O)CC5)c4)cc3)n[nH]2)C1. The highest BCUT2D eigenvalue weighted by Crippen LogP contribution is 2.27. The Balaban J connectivity index is 1.17. The average molecular weight is 525 g/mol. The van der Waals surface area contributed by atoms with Gasteiger partial charge in [0.2, 0.25) is 0 Å². The van der Waals surface area contributed by atoms with Gasteiger partial charge in [-0.1, -0.05) is 12.1 Å². The molecule has 5 rings (SSSR count). The predicted molar refractivity (Wildman–Crippen MR) is 137 cm³/mol. The number of nitrogens with zero attached hydrogens (tertiary/aromatic N) is 4. The number of hydrogen-bond acceptors (Lipinski definition) is 8. The van der Waals surface area contributed by atoms with Gasteiger partial charge in [-0.15, -0.1) is 0 Å². The summed E-state index contributed by atoms with van der Waals surface area (Å²) in [5, 5.41) is 10.1. The van der Waals surface area contributed by atoms with Crippen molar-refractivity contribution < 1.29 is 22.7 Å². The molecule has 2 fully saturated rings. The molecule has 2 aliphatic heterocycles. The fourth-order valence-electron chi connectivity index (χ4n) is 4.40. The maximum atomic E-state index is 12.8. The molecule has 0 unspecified atom stereocenters. The van der Waals surface area contributed by atoms with E-state index in [0.29, 0.717) is 49.8 Å². The first kappa shape index (κ1) is 24.9. The molecule has 2 aliphatic rings. The van der Waals surface area contributed by atoms with Crippen molar-refractivity contribution in [2.75, 3.05) is 50.1 Å². The van der Waals surface area contributed by atoms with E-state index in [2.05, 4.69) is 25.4 Å². The van der Waals surface area contributed by atoms with Crippen molar-refractivity contribution in [2.45, 2.75) is 12.5 Å². The molecule has 37 heavy (non-hydrogen) atoms. The van der Waals surface area contributed by atoms with Crippen molar-refractivity contribution in [1.29, 1.82) is 0 Å². The van der Waals surface area contributed by atoms with Crippen molar-refractivity contribution in [2.24, 2.45) is 0 Å². The van der Waals surface area contributed by atoms with Crippen LogP contribution >= 0.6 is 0 Å². The van der Waals surface area contributed by atoms with E-state index in [1.807, 2.05) is 30.3 Å². The van der Waals surface area contributed by atoms with Gasteiger partial charge in [-0.05, 0) is 42.0 Å². The Hall–Kier alpha value is -3.77. The van der Waals surface area contributed by atoms with Gasteiger partial charge < -0.3 is 15.0 Å². The smallest absolute Gasteiger partial charge is 0.409 e. The lowest BCUT2D eigenvalue weighted by Gasteiger charge is -2.36. The summed E-state index contributed by atoms with van der Waals surface area (Å²) in [4.78, 5) is 32.6. The van der Waals surface area contributed by atoms with Crippen LogP contribution in [0, 0.1) is 0 Å². The molecule has 194 valence electrons. The van der Waals surface area contributed by atoms with Crippen LogP contribution < -0.4 is 5.32 Å². The van der Waals surface area contributed by atoms with Crippen LogP contribution in [-0.2, 0) is 21.1 Å². The third-order valence-electron chi connectivity index (χ3n) is 6.64. The van der Waals surface area contributed by atoms with E-state index in [-0.39, 0.29) is 29.4 Å². The molecule has 12 heteroatoms. The van der Waals surface area contributed by atoms with E-state index in [0.717, 1.165) is 17.0 Å². The number of methoxy groups -OCH3 is 1. The highest BCUT2D eigenvalue weighted by atomic mass is 32.2. The van der Waals surface area contributed by atoms with Gasteiger partial charge in [-0.2, -0.15) is 5.10 Å². The third kappa shape index (κ3) is 5.81. The predicted octanol–water partition coefficient (Wildman–Crippen LogP) is 2.12. The van der Waals surface area contributed by atoms with E-state index in [1.54, 1.807) is 23.1 Å². The Morgan fingerprint density at radius 2 is 1.84 bits per heavy atom. The second kappa shape index (κ2) is 10.3. The number of amides is 2. The molecule has 0 bridgehead atoms. The molecule has 1 aromatic heterocycles. The van der Waals surface area contributed by atoms with Crippen molar-refractivity contribution in [3.05, 3.63) is 65.5 Å². The van der Waals surface area contributed by atoms with E-state index < -0.39 is 9.84 Å². The van der Waals surface area contributed by atoms with Crippen LogP contribution in [0.2, 0.25) is 0 Å². The minimum Gasteiger partial charge on any atom is -0.453 e. The molecule has 2 amide bonds. The molecule has 3 heterocycles. The highest BCUT2D eigenvalue weighted by molar-refractivity contribution is 7.91. The monoisotopic (exact) mass is 524 g/mol. The minimum absolute atomic E-state index is 0.0950. The van der Waals surface area contributed by atoms with Gasteiger partial charge >= 0.3 is 6.09 Å². The lowest BCUT2D eigenvalue weighted by atomic mass is 10.0. The van der Waals surface area contributed by atoms with Gasteiger partial charge in [0.1, 0.15) is 5.82 Å². The Labute approximate surface area is 214 Å². The number of likely N-dealkylation sites (tertiary alicyclic amines) is 1. The molecule has 0 radical (unpaired) electrons. The Bertz CT molecular complexity index is 1380. The highest BCUT2D eigenvalue weighted by Gasteiger charge is 2.34. The Kier molecular flexibility index (Phi) is 6.94. The second-order valence-electron chi connectivity index (χ2n) is 9.28. The lowest BCUT2D eigenvalue weighted by molar-refractivity contribution is 0.0864. The van der Waals surface area contributed by atoms with Crippen molar-refractivity contribution in [3.63, 3.8) is 0 Å². The molecule has 2 aromatic carbocycles. The van der Waals surface area contributed by atoms with Crippen LogP contribution in [0.4, 0.5) is 10.5 Å². The maximum Gasteiger partial charge on any atom is 0.409 e. The van der Waals surface area contributed by atoms with Crippen LogP contribution in [0.1, 0.15) is 27.7 Å². The minimum atomic E-state index is -2.92. The Morgan fingerprint density at radius 3 is 2.54 bits per heavy atom. The molecule has 11 nitrogen and oxygen atoms in total. The summed E-state index contributed by atoms with van der Waals surface area (Å²) in [7, 11) is -1.56. The molecule has 0 aliphatic carbocycles. The molecule has 0 spiro atoms. The number of anilines is 1. The van der Waals surface area contributed by atoms with Crippen LogP contribution in [0.15, 0.2) is 48.5 Å². The van der Waals surface area contributed by atoms with E-state index >= 15 is 0 Å². The van der Waals surface area contributed by atoms with Crippen LogP contribution in [-0.4, -0.2) is 90.2 Å². The summed E-state index contributed by atoms with van der Waals surface area (Å²) in [6, 6.07) is 14.6. The van der Waals surface area contributed by atoms with Crippen LogP contribution in [0.5, 0.6) is 0 Å². The van der Waals surface area contributed by atoms with Crippen LogP contribution in [0.3, 0.4) is 0 Å².